The Kier molecular flexibility index (Phi) is 5.39. The molecule has 124 valence electrons. The molecule has 0 saturated heterocycles. The van der Waals surface area contributed by atoms with Crippen LogP contribution in [0.1, 0.15) is 25.1 Å². The number of aryl methyl sites for hydroxylation is 2. The number of nitrogens with one attached hydrogen (secondary N) is 2. The van der Waals surface area contributed by atoms with E-state index >= 15 is 0 Å². The predicted molar refractivity (Wildman–Crippen MR) is 89.3 cm³/mol. The quantitative estimate of drug-likeness (QED) is 0.791. The van der Waals surface area contributed by atoms with Crippen molar-refractivity contribution in [2.75, 3.05) is 11.9 Å². The van der Waals surface area contributed by atoms with Crippen molar-refractivity contribution in [3.63, 3.8) is 0 Å². The highest BCUT2D eigenvalue weighted by Crippen LogP contribution is 2.26. The standard InChI is InChI=1S/C17H23N3O3/c1-10-5-6-14(7-15(10)16-18-12(3)9-23-16)20-17(22)19-13(4)11(2)8-21/h5-7,9,11,13,21H,8H2,1-4H3,(H2,19,20,22). The summed E-state index contributed by atoms with van der Waals surface area (Å²) in [5.74, 6) is 0.524. The Bertz CT molecular complexity index is 681. The number of anilines is 1. The van der Waals surface area contributed by atoms with Crippen LogP contribution in [0.3, 0.4) is 0 Å². The van der Waals surface area contributed by atoms with Gasteiger partial charge in [0, 0.05) is 23.9 Å². The average Bonchev–Trinajstić information content (AvgIpc) is 2.94. The summed E-state index contributed by atoms with van der Waals surface area (Å²) in [6.45, 7) is 7.58. The van der Waals surface area contributed by atoms with Crippen LogP contribution in [0.2, 0.25) is 0 Å². The van der Waals surface area contributed by atoms with Gasteiger partial charge in [-0.1, -0.05) is 13.0 Å². The Balaban J connectivity index is 2.11. The SMILES string of the molecule is Cc1coc(-c2cc(NC(=O)NC(C)C(C)CO)ccc2C)n1. The summed E-state index contributed by atoms with van der Waals surface area (Å²) in [5, 5.41) is 14.7. The van der Waals surface area contributed by atoms with E-state index in [0.717, 1.165) is 16.8 Å². The fraction of sp³-hybridized carbons (Fsp3) is 0.412. The monoisotopic (exact) mass is 317 g/mol. The van der Waals surface area contributed by atoms with Gasteiger partial charge in [-0.3, -0.25) is 0 Å². The minimum atomic E-state index is -0.309. The average molecular weight is 317 g/mol. The van der Waals surface area contributed by atoms with Crippen LogP contribution < -0.4 is 10.6 Å². The molecule has 1 aromatic carbocycles. The molecule has 2 unspecified atom stereocenters. The summed E-state index contributed by atoms with van der Waals surface area (Å²) in [6, 6.07) is 5.13. The summed E-state index contributed by atoms with van der Waals surface area (Å²) in [6.07, 6.45) is 1.60. The van der Waals surface area contributed by atoms with Crippen LogP contribution in [0, 0.1) is 19.8 Å². The number of aliphatic hydroxyl groups is 1. The first-order chi connectivity index (χ1) is 10.9. The Morgan fingerprint density at radius 3 is 2.70 bits per heavy atom. The largest absolute Gasteiger partial charge is 0.444 e. The van der Waals surface area contributed by atoms with Gasteiger partial charge in [0.25, 0.3) is 0 Å². The lowest BCUT2D eigenvalue weighted by Crippen LogP contribution is -2.40. The normalized spacial score (nSPS) is 13.4. The van der Waals surface area contributed by atoms with Crippen molar-refractivity contribution >= 4 is 11.7 Å². The van der Waals surface area contributed by atoms with E-state index < -0.39 is 0 Å². The van der Waals surface area contributed by atoms with Gasteiger partial charge in [-0.25, -0.2) is 9.78 Å². The maximum absolute atomic E-state index is 12.0. The number of hydrogen-bond acceptors (Lipinski definition) is 4. The van der Waals surface area contributed by atoms with Gasteiger partial charge < -0.3 is 20.2 Å². The maximum atomic E-state index is 12.0. The number of rotatable bonds is 5. The number of carbonyl (C=O) groups excluding carboxylic acids is 1. The molecule has 0 aliphatic heterocycles. The van der Waals surface area contributed by atoms with E-state index in [1.54, 1.807) is 6.26 Å². The van der Waals surface area contributed by atoms with Crippen molar-refractivity contribution in [1.82, 2.24) is 10.3 Å². The fourth-order valence-electron chi connectivity index (χ4n) is 2.08. The van der Waals surface area contributed by atoms with Crippen LogP contribution in [0.5, 0.6) is 0 Å². The van der Waals surface area contributed by atoms with Crippen molar-refractivity contribution in [2.45, 2.75) is 33.7 Å². The number of hydrogen-bond donors (Lipinski definition) is 3. The van der Waals surface area contributed by atoms with Gasteiger partial charge in [0.1, 0.15) is 6.26 Å². The molecule has 23 heavy (non-hydrogen) atoms. The molecule has 0 aliphatic carbocycles. The van der Waals surface area contributed by atoms with Crippen molar-refractivity contribution in [1.29, 1.82) is 0 Å². The van der Waals surface area contributed by atoms with Gasteiger partial charge >= 0.3 is 6.03 Å². The van der Waals surface area contributed by atoms with Gasteiger partial charge in [-0.15, -0.1) is 0 Å². The van der Waals surface area contributed by atoms with E-state index in [2.05, 4.69) is 15.6 Å². The van der Waals surface area contributed by atoms with E-state index in [0.29, 0.717) is 11.6 Å². The fourth-order valence-corrected chi connectivity index (χ4v) is 2.08. The molecule has 0 fully saturated rings. The first kappa shape index (κ1) is 17.0. The van der Waals surface area contributed by atoms with Crippen LogP contribution in [0.4, 0.5) is 10.5 Å². The van der Waals surface area contributed by atoms with E-state index in [1.165, 1.54) is 0 Å². The van der Waals surface area contributed by atoms with Crippen molar-refractivity contribution in [3.05, 3.63) is 35.7 Å². The summed E-state index contributed by atoms with van der Waals surface area (Å²) in [4.78, 5) is 16.4. The molecule has 1 aromatic heterocycles. The summed E-state index contributed by atoms with van der Waals surface area (Å²) in [7, 11) is 0. The topological polar surface area (TPSA) is 87.4 Å². The third-order valence-electron chi connectivity index (χ3n) is 3.85. The van der Waals surface area contributed by atoms with E-state index in [1.807, 2.05) is 45.9 Å². The zero-order chi connectivity index (χ0) is 17.0. The van der Waals surface area contributed by atoms with Crippen molar-refractivity contribution in [3.8, 4) is 11.5 Å². The van der Waals surface area contributed by atoms with Crippen LogP contribution >= 0.6 is 0 Å². The number of benzene rings is 1. The molecule has 6 heteroatoms. The van der Waals surface area contributed by atoms with Gasteiger partial charge in [-0.2, -0.15) is 0 Å². The second kappa shape index (κ2) is 7.28. The minimum absolute atomic E-state index is 0.00961. The molecule has 2 amide bonds. The first-order valence-corrected chi connectivity index (χ1v) is 7.62. The van der Waals surface area contributed by atoms with E-state index in [4.69, 9.17) is 9.52 Å². The van der Waals surface area contributed by atoms with Gasteiger partial charge in [0.15, 0.2) is 0 Å². The number of oxazole rings is 1. The Morgan fingerprint density at radius 1 is 1.35 bits per heavy atom. The van der Waals surface area contributed by atoms with E-state index in [-0.39, 0.29) is 24.6 Å². The minimum Gasteiger partial charge on any atom is -0.444 e. The summed E-state index contributed by atoms with van der Waals surface area (Å²) < 4.78 is 5.43. The van der Waals surface area contributed by atoms with Gasteiger partial charge in [0.05, 0.1) is 5.69 Å². The molecule has 2 aromatic rings. The summed E-state index contributed by atoms with van der Waals surface area (Å²) in [5.41, 5.74) is 3.32. The van der Waals surface area contributed by atoms with Crippen LogP contribution in [0.15, 0.2) is 28.9 Å². The molecule has 2 rings (SSSR count). The second-order valence-corrected chi connectivity index (χ2v) is 5.87. The number of nitrogens with zero attached hydrogens (tertiary/aromatic N) is 1. The second-order valence-electron chi connectivity index (χ2n) is 5.87. The van der Waals surface area contributed by atoms with Crippen LogP contribution in [0.25, 0.3) is 11.5 Å². The van der Waals surface area contributed by atoms with Gasteiger partial charge in [-0.05, 0) is 44.4 Å². The highest BCUT2D eigenvalue weighted by molar-refractivity contribution is 5.90. The Labute approximate surface area is 135 Å². The highest BCUT2D eigenvalue weighted by atomic mass is 16.3. The van der Waals surface area contributed by atoms with Crippen LogP contribution in [-0.4, -0.2) is 28.8 Å². The molecule has 0 aliphatic rings. The molecule has 0 bridgehead atoms. The zero-order valence-corrected chi connectivity index (χ0v) is 13.9. The Hall–Kier alpha value is -2.34. The number of carbonyl (C=O) groups is 1. The molecule has 1 heterocycles. The number of aliphatic hydroxyl groups excluding tert-OH is 1. The summed E-state index contributed by atoms with van der Waals surface area (Å²) >= 11 is 0. The lowest BCUT2D eigenvalue weighted by atomic mass is 10.1. The Morgan fingerprint density at radius 2 is 2.09 bits per heavy atom. The third-order valence-corrected chi connectivity index (χ3v) is 3.85. The number of urea groups is 1. The number of aromatic nitrogens is 1. The molecule has 2 atom stereocenters. The maximum Gasteiger partial charge on any atom is 0.319 e. The molecular weight excluding hydrogens is 294 g/mol. The molecule has 0 saturated carbocycles. The molecular formula is C17H23N3O3. The highest BCUT2D eigenvalue weighted by Gasteiger charge is 2.15. The molecule has 0 radical (unpaired) electrons. The molecule has 3 N–H and O–H groups in total. The van der Waals surface area contributed by atoms with Gasteiger partial charge in [0.2, 0.25) is 5.89 Å². The molecule has 6 nitrogen and oxygen atoms in total. The first-order valence-electron chi connectivity index (χ1n) is 7.62. The smallest absolute Gasteiger partial charge is 0.319 e. The third kappa shape index (κ3) is 4.32. The number of amides is 2. The molecule has 0 spiro atoms. The lowest BCUT2D eigenvalue weighted by Gasteiger charge is -2.19. The van der Waals surface area contributed by atoms with Crippen molar-refractivity contribution in [2.24, 2.45) is 5.92 Å². The van der Waals surface area contributed by atoms with Crippen molar-refractivity contribution < 1.29 is 14.3 Å². The zero-order valence-electron chi connectivity index (χ0n) is 13.9. The van der Waals surface area contributed by atoms with E-state index in [9.17, 15) is 4.79 Å². The van der Waals surface area contributed by atoms with Crippen LogP contribution in [-0.2, 0) is 0 Å². The lowest BCUT2D eigenvalue weighted by molar-refractivity contribution is 0.204. The predicted octanol–water partition coefficient (Wildman–Crippen LogP) is 3.10.